The molecule has 0 heterocycles. The topological polar surface area (TPSA) is 72.2 Å². The Kier molecular flexibility index (Phi) is 2.42. The number of nitrogens with two attached hydrogens (primary N) is 1. The zero-order valence-corrected chi connectivity index (χ0v) is 6.28. The van der Waals surface area contributed by atoms with Crippen molar-refractivity contribution < 1.29 is 9.59 Å². The molecule has 0 radical (unpaired) electrons. The number of nitrogens with one attached hydrogen (secondary N) is 1. The predicted molar refractivity (Wildman–Crippen MR) is 44.6 cm³/mol. The first-order chi connectivity index (χ1) is 5.74. The number of anilines is 1. The van der Waals surface area contributed by atoms with Gasteiger partial charge in [0.05, 0.1) is 0 Å². The molecule has 4 heteroatoms. The predicted octanol–water partition coefficient (Wildman–Crippen LogP) is 0.354. The van der Waals surface area contributed by atoms with Gasteiger partial charge in [0.15, 0.2) is 0 Å². The molecule has 12 heavy (non-hydrogen) atoms. The van der Waals surface area contributed by atoms with Gasteiger partial charge in [0.2, 0.25) is 12.3 Å². The molecule has 0 aliphatic rings. The molecule has 0 atom stereocenters. The van der Waals surface area contributed by atoms with Crippen LogP contribution in [-0.4, -0.2) is 12.3 Å². The quantitative estimate of drug-likeness (QED) is 0.633. The Balaban J connectivity index is 2.95. The molecular weight excluding hydrogens is 156 g/mol. The Labute approximate surface area is 69.4 Å². The first-order valence-electron chi connectivity index (χ1n) is 3.34. The summed E-state index contributed by atoms with van der Waals surface area (Å²) < 4.78 is 0. The van der Waals surface area contributed by atoms with E-state index in [2.05, 4.69) is 5.32 Å². The summed E-state index contributed by atoms with van der Waals surface area (Å²) in [7, 11) is 0. The van der Waals surface area contributed by atoms with Crippen LogP contribution in [0.15, 0.2) is 24.3 Å². The van der Waals surface area contributed by atoms with Crippen molar-refractivity contribution in [3.63, 3.8) is 0 Å². The molecule has 1 aromatic carbocycles. The number of hydrogen-bond acceptors (Lipinski definition) is 2. The summed E-state index contributed by atoms with van der Waals surface area (Å²) in [6, 6.07) is 6.40. The fraction of sp³-hybridized carbons (Fsp3) is 0. The van der Waals surface area contributed by atoms with Crippen molar-refractivity contribution >= 4 is 18.0 Å². The van der Waals surface area contributed by atoms with Crippen LogP contribution in [-0.2, 0) is 4.79 Å². The molecule has 0 aliphatic heterocycles. The van der Waals surface area contributed by atoms with Crippen LogP contribution >= 0.6 is 0 Å². The number of hydrogen-bond donors (Lipinski definition) is 2. The molecule has 62 valence electrons. The fourth-order valence-corrected chi connectivity index (χ4v) is 0.830. The molecule has 3 N–H and O–H groups in total. The molecule has 0 unspecified atom stereocenters. The summed E-state index contributed by atoms with van der Waals surface area (Å²) in [6.45, 7) is 0. The first kappa shape index (κ1) is 8.26. The van der Waals surface area contributed by atoms with E-state index >= 15 is 0 Å². The van der Waals surface area contributed by atoms with Crippen LogP contribution in [0.3, 0.4) is 0 Å². The second kappa shape index (κ2) is 3.52. The third-order valence-corrected chi connectivity index (χ3v) is 1.37. The molecule has 0 aliphatic carbocycles. The molecule has 2 amide bonds. The number of rotatable bonds is 3. The van der Waals surface area contributed by atoms with Gasteiger partial charge in [0.1, 0.15) is 0 Å². The van der Waals surface area contributed by atoms with E-state index in [0.717, 1.165) is 0 Å². The van der Waals surface area contributed by atoms with Crippen LogP contribution in [0, 0.1) is 0 Å². The van der Waals surface area contributed by atoms with Crippen molar-refractivity contribution in [1.29, 1.82) is 0 Å². The minimum atomic E-state index is -0.510. The third kappa shape index (κ3) is 1.82. The molecular formula is C8H8N2O2. The summed E-state index contributed by atoms with van der Waals surface area (Å²) in [5, 5.41) is 2.41. The van der Waals surface area contributed by atoms with Gasteiger partial charge in [-0.15, -0.1) is 0 Å². The van der Waals surface area contributed by atoms with Crippen LogP contribution in [0.5, 0.6) is 0 Å². The SMILES string of the molecule is NC(=O)c1cccc(NC=O)c1. The smallest absolute Gasteiger partial charge is 0.248 e. The number of primary amides is 1. The molecule has 0 saturated carbocycles. The van der Waals surface area contributed by atoms with Crippen LogP contribution in [0.1, 0.15) is 10.4 Å². The van der Waals surface area contributed by atoms with E-state index in [0.29, 0.717) is 17.7 Å². The summed E-state index contributed by atoms with van der Waals surface area (Å²) >= 11 is 0. The Morgan fingerprint density at radius 3 is 2.83 bits per heavy atom. The van der Waals surface area contributed by atoms with Gasteiger partial charge >= 0.3 is 0 Å². The average molecular weight is 164 g/mol. The highest BCUT2D eigenvalue weighted by Gasteiger charge is 1.99. The van der Waals surface area contributed by atoms with Crippen molar-refractivity contribution in [2.24, 2.45) is 5.73 Å². The van der Waals surface area contributed by atoms with Crippen molar-refractivity contribution in [2.75, 3.05) is 5.32 Å². The van der Waals surface area contributed by atoms with Gasteiger partial charge in [-0.1, -0.05) is 6.07 Å². The van der Waals surface area contributed by atoms with Crippen molar-refractivity contribution in [1.82, 2.24) is 0 Å². The van der Waals surface area contributed by atoms with Gasteiger partial charge in [-0.2, -0.15) is 0 Å². The first-order valence-corrected chi connectivity index (χ1v) is 3.34. The number of benzene rings is 1. The normalized spacial score (nSPS) is 9.00. The lowest BCUT2D eigenvalue weighted by Gasteiger charge is -1.99. The van der Waals surface area contributed by atoms with Crippen molar-refractivity contribution in [3.05, 3.63) is 29.8 Å². The van der Waals surface area contributed by atoms with E-state index in [1.807, 2.05) is 0 Å². The largest absolute Gasteiger partial charge is 0.366 e. The van der Waals surface area contributed by atoms with E-state index in [1.165, 1.54) is 6.07 Å². The second-order valence-corrected chi connectivity index (χ2v) is 2.21. The summed E-state index contributed by atoms with van der Waals surface area (Å²) in [4.78, 5) is 20.7. The second-order valence-electron chi connectivity index (χ2n) is 2.21. The average Bonchev–Trinajstić information content (AvgIpc) is 2.05. The minimum Gasteiger partial charge on any atom is -0.366 e. The maximum Gasteiger partial charge on any atom is 0.248 e. The lowest BCUT2D eigenvalue weighted by molar-refractivity contribution is -0.105. The van der Waals surface area contributed by atoms with E-state index in [1.54, 1.807) is 18.2 Å². The molecule has 1 aromatic rings. The lowest BCUT2D eigenvalue weighted by atomic mass is 10.2. The Hall–Kier alpha value is -1.84. The van der Waals surface area contributed by atoms with Gasteiger partial charge in [-0.3, -0.25) is 9.59 Å². The van der Waals surface area contributed by atoms with E-state index < -0.39 is 5.91 Å². The van der Waals surface area contributed by atoms with Gasteiger partial charge in [-0.25, -0.2) is 0 Å². The van der Waals surface area contributed by atoms with Gasteiger partial charge in [0.25, 0.3) is 0 Å². The fourth-order valence-electron chi connectivity index (χ4n) is 0.830. The standard InChI is InChI=1S/C8H8N2O2/c9-8(12)6-2-1-3-7(4-6)10-5-11/h1-5H,(H2,9,12)(H,10,11). The van der Waals surface area contributed by atoms with Crippen LogP contribution < -0.4 is 11.1 Å². The zero-order valence-electron chi connectivity index (χ0n) is 6.28. The highest BCUT2D eigenvalue weighted by molar-refractivity contribution is 5.94. The zero-order chi connectivity index (χ0) is 8.97. The molecule has 0 bridgehead atoms. The van der Waals surface area contributed by atoms with E-state index in [9.17, 15) is 9.59 Å². The Bertz CT molecular complexity index is 310. The van der Waals surface area contributed by atoms with Crippen LogP contribution in [0.25, 0.3) is 0 Å². The van der Waals surface area contributed by atoms with Crippen LogP contribution in [0.2, 0.25) is 0 Å². The molecule has 0 saturated heterocycles. The number of carbonyl (C=O) groups is 2. The molecule has 4 nitrogen and oxygen atoms in total. The molecule has 0 fully saturated rings. The molecule has 1 rings (SSSR count). The summed E-state index contributed by atoms with van der Waals surface area (Å²) in [6.07, 6.45) is 0.542. The number of amides is 2. The van der Waals surface area contributed by atoms with Gasteiger partial charge < -0.3 is 11.1 Å². The number of carbonyl (C=O) groups excluding carboxylic acids is 2. The third-order valence-electron chi connectivity index (χ3n) is 1.37. The summed E-state index contributed by atoms with van der Waals surface area (Å²) in [5.41, 5.74) is 5.96. The Morgan fingerprint density at radius 2 is 2.25 bits per heavy atom. The maximum atomic E-state index is 10.7. The van der Waals surface area contributed by atoms with Gasteiger partial charge in [-0.05, 0) is 18.2 Å². The van der Waals surface area contributed by atoms with E-state index in [4.69, 9.17) is 5.73 Å². The highest BCUT2D eigenvalue weighted by Crippen LogP contribution is 2.08. The van der Waals surface area contributed by atoms with Crippen molar-refractivity contribution in [3.8, 4) is 0 Å². The van der Waals surface area contributed by atoms with Gasteiger partial charge in [0, 0.05) is 11.3 Å². The lowest BCUT2D eigenvalue weighted by Crippen LogP contribution is -2.11. The summed E-state index contributed by atoms with van der Waals surface area (Å²) in [5.74, 6) is -0.510. The van der Waals surface area contributed by atoms with Crippen LogP contribution in [0.4, 0.5) is 5.69 Å². The Morgan fingerprint density at radius 1 is 1.50 bits per heavy atom. The molecule has 0 spiro atoms. The maximum absolute atomic E-state index is 10.7. The van der Waals surface area contributed by atoms with Crippen molar-refractivity contribution in [2.45, 2.75) is 0 Å². The minimum absolute atomic E-state index is 0.377. The highest BCUT2D eigenvalue weighted by atomic mass is 16.1. The monoisotopic (exact) mass is 164 g/mol. The molecule has 0 aromatic heterocycles. The van der Waals surface area contributed by atoms with E-state index in [-0.39, 0.29) is 0 Å².